The molecule has 39 heavy (non-hydrogen) atoms. The third-order valence-corrected chi connectivity index (χ3v) is 9.68. The fraction of sp³-hybridized carbons (Fsp3) is 0.600. The van der Waals surface area contributed by atoms with Crippen LogP contribution in [0.15, 0.2) is 36.4 Å². The normalized spacial score (nSPS) is 17.9. The predicted molar refractivity (Wildman–Crippen MR) is 176 cm³/mol. The summed E-state index contributed by atoms with van der Waals surface area (Å²) in [5.74, 6) is 2.88. The van der Waals surface area contributed by atoms with E-state index in [1.54, 1.807) is 0 Å². The van der Waals surface area contributed by atoms with E-state index in [2.05, 4.69) is 127 Å². The number of fused-ring (bicyclic) bond motifs is 1. The van der Waals surface area contributed by atoms with Gasteiger partial charge in [0.05, 0.1) is 6.10 Å². The lowest BCUT2D eigenvalue weighted by Gasteiger charge is -2.41. The Morgan fingerprint density at radius 1 is 0.718 bits per heavy atom. The summed E-state index contributed by atoms with van der Waals surface area (Å²) in [5.41, 5.74) is 3.84. The summed E-state index contributed by atoms with van der Waals surface area (Å²) in [6.45, 7) is 31.0. The van der Waals surface area contributed by atoms with Crippen molar-refractivity contribution < 1.29 is 17.7 Å². The molecular weight excluding hydrogens is 551 g/mol. The molecule has 1 aliphatic heterocycles. The molecule has 0 amide bonds. The topological polar surface area (TPSA) is 40.2 Å². The number of hydrogen-bond acceptors (Lipinski definition) is 5. The zero-order chi connectivity index (χ0) is 29.4. The Labute approximate surface area is 242 Å². The molecule has 1 aliphatic rings. The number of rotatable bonds is 11. The average molecular weight is 604 g/mol. The quantitative estimate of drug-likeness (QED) is 0.240. The van der Waals surface area contributed by atoms with Crippen molar-refractivity contribution in [1.29, 1.82) is 0 Å². The van der Waals surface area contributed by atoms with E-state index >= 15 is 0 Å². The van der Waals surface area contributed by atoms with Gasteiger partial charge in [-0.25, -0.2) is 0 Å². The minimum Gasteiger partial charge on any atom is -0.544 e. The van der Waals surface area contributed by atoms with Crippen molar-refractivity contribution in [3.63, 3.8) is 0 Å². The van der Waals surface area contributed by atoms with Gasteiger partial charge in [0, 0.05) is 30.8 Å². The molecule has 218 valence electrons. The molecule has 2 atom stereocenters. The highest BCUT2D eigenvalue weighted by molar-refractivity contribution is 6.71. The molecule has 2 aromatic rings. The number of benzene rings is 2. The first-order chi connectivity index (χ1) is 17.7. The van der Waals surface area contributed by atoms with Crippen LogP contribution in [-0.2, 0) is 17.4 Å². The molecule has 1 heterocycles. The van der Waals surface area contributed by atoms with Crippen LogP contribution in [0.1, 0.15) is 29.7 Å². The second-order valence-corrected chi connectivity index (χ2v) is 32.7. The molecule has 0 aliphatic carbocycles. The fourth-order valence-electron chi connectivity index (χ4n) is 4.89. The molecule has 0 fully saturated rings. The van der Waals surface area contributed by atoms with Crippen molar-refractivity contribution in [2.24, 2.45) is 0 Å². The van der Waals surface area contributed by atoms with Crippen LogP contribution in [0.2, 0.25) is 78.6 Å². The molecule has 3 rings (SSSR count). The lowest BCUT2D eigenvalue weighted by atomic mass is 9.94. The molecule has 0 N–H and O–H groups in total. The highest BCUT2D eigenvalue weighted by Crippen LogP contribution is 2.41. The van der Waals surface area contributed by atoms with Gasteiger partial charge >= 0.3 is 0 Å². The number of hydrogen-bond donors (Lipinski definition) is 0. The average Bonchev–Trinajstić information content (AvgIpc) is 2.71. The minimum absolute atomic E-state index is 0.00422. The minimum atomic E-state index is -1.84. The molecule has 0 saturated heterocycles. The largest absolute Gasteiger partial charge is 0.544 e. The third kappa shape index (κ3) is 10.5. The van der Waals surface area contributed by atoms with Crippen LogP contribution in [-0.4, -0.2) is 50.8 Å². The molecule has 0 spiro atoms. The van der Waals surface area contributed by atoms with E-state index in [4.69, 9.17) is 17.7 Å². The summed E-state index contributed by atoms with van der Waals surface area (Å²) in [6.07, 6.45) is 0.980. The standard InChI is InChI=1S/C30H53NO4Si4/c1-23(18-24-14-16-25(17-15-24)32-36(2,3)4)31-21-28-27(30(22-31)35-39(11,12)13)19-26(33-37(5,6)7)20-29(28)34-38(8,9)10/h14-17,19-20,23,30H,18,21-22H2,1-13H3. The van der Waals surface area contributed by atoms with E-state index < -0.39 is 33.3 Å². The Kier molecular flexibility index (Phi) is 9.77. The van der Waals surface area contributed by atoms with Crippen LogP contribution >= 0.6 is 0 Å². The van der Waals surface area contributed by atoms with Crippen LogP contribution in [0.3, 0.4) is 0 Å². The molecule has 0 radical (unpaired) electrons. The number of nitrogens with zero attached hydrogens (tertiary/aromatic N) is 1. The van der Waals surface area contributed by atoms with E-state index in [0.717, 1.165) is 36.8 Å². The summed E-state index contributed by atoms with van der Waals surface area (Å²) in [6, 6.07) is 13.4. The lowest BCUT2D eigenvalue weighted by Crippen LogP contribution is -2.44. The van der Waals surface area contributed by atoms with Gasteiger partial charge in [0.25, 0.3) is 0 Å². The fourth-order valence-corrected chi connectivity index (χ4v) is 8.46. The third-order valence-electron chi connectivity index (χ3n) is 6.16. The maximum atomic E-state index is 6.86. The van der Waals surface area contributed by atoms with E-state index in [1.807, 2.05) is 0 Å². The summed E-state index contributed by atoms with van der Waals surface area (Å²) in [7, 11) is -7.04. The van der Waals surface area contributed by atoms with Crippen LogP contribution in [0.5, 0.6) is 17.2 Å². The molecule has 9 heteroatoms. The second-order valence-electron chi connectivity index (χ2n) is 15.0. The van der Waals surface area contributed by atoms with E-state index in [-0.39, 0.29) is 6.10 Å². The lowest BCUT2D eigenvalue weighted by molar-refractivity contribution is 0.0799. The predicted octanol–water partition coefficient (Wildman–Crippen LogP) is 8.67. The van der Waals surface area contributed by atoms with Crippen LogP contribution in [0, 0.1) is 0 Å². The Morgan fingerprint density at radius 3 is 1.77 bits per heavy atom. The van der Waals surface area contributed by atoms with Gasteiger partial charge in [0.2, 0.25) is 25.0 Å². The second kappa shape index (κ2) is 11.9. The monoisotopic (exact) mass is 603 g/mol. The highest BCUT2D eigenvalue weighted by Gasteiger charge is 2.35. The first-order valence-electron chi connectivity index (χ1n) is 14.4. The van der Waals surface area contributed by atoms with Gasteiger partial charge in [-0.1, -0.05) is 12.1 Å². The van der Waals surface area contributed by atoms with Crippen molar-refractivity contribution in [3.05, 3.63) is 53.1 Å². The van der Waals surface area contributed by atoms with Crippen LogP contribution < -0.4 is 13.3 Å². The molecule has 0 saturated carbocycles. The van der Waals surface area contributed by atoms with Gasteiger partial charge < -0.3 is 17.7 Å². The van der Waals surface area contributed by atoms with E-state index in [0.29, 0.717) is 6.04 Å². The van der Waals surface area contributed by atoms with E-state index in [9.17, 15) is 0 Å². The van der Waals surface area contributed by atoms with Gasteiger partial charge in [0.15, 0.2) is 8.32 Å². The van der Waals surface area contributed by atoms with Crippen molar-refractivity contribution in [3.8, 4) is 17.2 Å². The molecule has 0 bridgehead atoms. The van der Waals surface area contributed by atoms with Gasteiger partial charge in [-0.2, -0.15) is 0 Å². The summed E-state index contributed by atoms with van der Waals surface area (Å²) >= 11 is 0. The Balaban J connectivity index is 1.94. The maximum absolute atomic E-state index is 6.86. The van der Waals surface area contributed by atoms with Crippen molar-refractivity contribution >= 4 is 33.3 Å². The molecule has 5 nitrogen and oxygen atoms in total. The first kappa shape index (κ1) is 32.1. The van der Waals surface area contributed by atoms with Crippen molar-refractivity contribution in [2.75, 3.05) is 6.54 Å². The Bertz CT molecular complexity index is 1110. The van der Waals surface area contributed by atoms with Crippen molar-refractivity contribution in [2.45, 2.75) is 111 Å². The zero-order valence-corrected chi connectivity index (χ0v) is 30.8. The van der Waals surface area contributed by atoms with Crippen molar-refractivity contribution in [1.82, 2.24) is 4.90 Å². The SMILES string of the molecule is CC(Cc1ccc(O[Si](C)(C)C)cc1)N1Cc2c(O[Si](C)(C)C)cc(O[Si](C)(C)C)cc2C(O[Si](C)(C)C)C1. The van der Waals surface area contributed by atoms with Gasteiger partial charge in [-0.3, -0.25) is 4.90 Å². The Morgan fingerprint density at radius 2 is 1.26 bits per heavy atom. The van der Waals surface area contributed by atoms with Crippen LogP contribution in [0.25, 0.3) is 0 Å². The molecular formula is C30H53NO4Si4. The highest BCUT2D eigenvalue weighted by atomic mass is 28.4. The summed E-state index contributed by atoms with van der Waals surface area (Å²) < 4.78 is 26.3. The van der Waals surface area contributed by atoms with E-state index in [1.165, 1.54) is 16.7 Å². The molecule has 2 unspecified atom stereocenters. The van der Waals surface area contributed by atoms with Gasteiger partial charge in [0.1, 0.15) is 17.2 Å². The summed E-state index contributed by atoms with van der Waals surface area (Å²) in [4.78, 5) is 2.58. The van der Waals surface area contributed by atoms with Gasteiger partial charge in [-0.15, -0.1) is 0 Å². The van der Waals surface area contributed by atoms with Gasteiger partial charge in [-0.05, 0) is 121 Å². The summed E-state index contributed by atoms with van der Waals surface area (Å²) in [5, 5.41) is 0. The maximum Gasteiger partial charge on any atom is 0.242 e. The Hall–Kier alpha value is -1.37. The van der Waals surface area contributed by atoms with Crippen LogP contribution in [0.4, 0.5) is 0 Å². The zero-order valence-electron chi connectivity index (χ0n) is 26.8. The molecule has 0 aromatic heterocycles. The first-order valence-corrected chi connectivity index (χ1v) is 28.1. The molecule has 2 aromatic carbocycles. The smallest absolute Gasteiger partial charge is 0.242 e.